The highest BCUT2D eigenvalue weighted by Crippen LogP contribution is 2.21. The van der Waals surface area contributed by atoms with E-state index in [-0.39, 0.29) is 17.1 Å². The zero-order valence-corrected chi connectivity index (χ0v) is 12.6. The van der Waals surface area contributed by atoms with Crippen molar-refractivity contribution >= 4 is 17.3 Å². The number of halogens is 1. The number of nitrogens with two attached hydrogens (primary N) is 1. The quantitative estimate of drug-likeness (QED) is 0.751. The third kappa shape index (κ3) is 3.87. The number of hydrogen-bond donors (Lipinski definition) is 3. The highest BCUT2D eigenvalue weighted by molar-refractivity contribution is 6.04. The molecule has 1 fully saturated rings. The lowest BCUT2D eigenvalue weighted by molar-refractivity contribution is 0.101. The lowest BCUT2D eigenvalue weighted by atomic mass is 9.93. The lowest BCUT2D eigenvalue weighted by Gasteiger charge is -2.21. The topological polar surface area (TPSA) is 93.2 Å². The third-order valence-corrected chi connectivity index (χ3v) is 4.00. The van der Waals surface area contributed by atoms with Gasteiger partial charge in [-0.3, -0.25) is 4.79 Å². The standard InChI is InChI=1S/C16H19FN4O2/c17-11-1-2-13(18)14(8-11)20-16(22)15-9-12(23-21-15)7-10-3-5-19-6-4-10/h1-2,8-10,19H,3-7,18H2,(H,20,22). The minimum absolute atomic E-state index is 0.164. The monoisotopic (exact) mass is 318 g/mol. The number of benzene rings is 1. The van der Waals surface area contributed by atoms with Gasteiger partial charge >= 0.3 is 0 Å². The van der Waals surface area contributed by atoms with Crippen LogP contribution in [0.15, 0.2) is 28.8 Å². The van der Waals surface area contributed by atoms with Crippen molar-refractivity contribution in [1.29, 1.82) is 0 Å². The molecule has 0 spiro atoms. The zero-order valence-electron chi connectivity index (χ0n) is 12.6. The number of nitrogens with one attached hydrogen (secondary N) is 2. The Labute approximate surface area is 133 Å². The summed E-state index contributed by atoms with van der Waals surface area (Å²) < 4.78 is 18.5. The lowest BCUT2D eigenvalue weighted by Crippen LogP contribution is -2.28. The average molecular weight is 318 g/mol. The molecule has 3 rings (SSSR count). The number of hydrogen-bond acceptors (Lipinski definition) is 5. The Balaban J connectivity index is 1.65. The van der Waals surface area contributed by atoms with Crippen LogP contribution in [0.4, 0.5) is 15.8 Å². The Morgan fingerprint density at radius 1 is 1.39 bits per heavy atom. The van der Waals surface area contributed by atoms with Crippen LogP contribution >= 0.6 is 0 Å². The van der Waals surface area contributed by atoms with Gasteiger partial charge in [-0.25, -0.2) is 4.39 Å². The van der Waals surface area contributed by atoms with Gasteiger partial charge in [0.2, 0.25) is 0 Å². The Morgan fingerprint density at radius 2 is 2.17 bits per heavy atom. The fourth-order valence-electron chi connectivity index (χ4n) is 2.71. The molecular weight excluding hydrogens is 299 g/mol. The van der Waals surface area contributed by atoms with E-state index in [1.54, 1.807) is 6.07 Å². The van der Waals surface area contributed by atoms with Gasteiger partial charge in [0.05, 0.1) is 11.4 Å². The summed E-state index contributed by atoms with van der Waals surface area (Å²) in [4.78, 5) is 12.2. The van der Waals surface area contributed by atoms with Gasteiger partial charge in [-0.2, -0.15) is 0 Å². The number of amides is 1. The van der Waals surface area contributed by atoms with E-state index in [9.17, 15) is 9.18 Å². The van der Waals surface area contributed by atoms with Gasteiger partial charge in [0.1, 0.15) is 11.6 Å². The highest BCUT2D eigenvalue weighted by atomic mass is 19.1. The highest BCUT2D eigenvalue weighted by Gasteiger charge is 2.19. The maximum absolute atomic E-state index is 13.2. The molecule has 23 heavy (non-hydrogen) atoms. The molecule has 2 heterocycles. The summed E-state index contributed by atoms with van der Waals surface area (Å²) in [5.74, 6) is 0.289. The fraction of sp³-hybridized carbons (Fsp3) is 0.375. The van der Waals surface area contributed by atoms with Gasteiger partial charge in [-0.1, -0.05) is 5.16 Å². The van der Waals surface area contributed by atoms with Crippen LogP contribution in [0.5, 0.6) is 0 Å². The maximum atomic E-state index is 13.2. The number of piperidine rings is 1. The van der Waals surface area contributed by atoms with Crippen molar-refractivity contribution in [3.63, 3.8) is 0 Å². The summed E-state index contributed by atoms with van der Waals surface area (Å²) in [5.41, 5.74) is 6.39. The predicted octanol–water partition coefficient (Wildman–Crippen LogP) is 2.19. The van der Waals surface area contributed by atoms with Gasteiger partial charge in [-0.15, -0.1) is 0 Å². The maximum Gasteiger partial charge on any atom is 0.277 e. The van der Waals surface area contributed by atoms with Crippen molar-refractivity contribution in [2.45, 2.75) is 19.3 Å². The second kappa shape index (κ2) is 6.78. The van der Waals surface area contributed by atoms with Gasteiger partial charge in [0.15, 0.2) is 5.69 Å². The molecule has 1 aliphatic heterocycles. The van der Waals surface area contributed by atoms with Crippen molar-refractivity contribution in [2.24, 2.45) is 5.92 Å². The summed E-state index contributed by atoms with van der Waals surface area (Å²) >= 11 is 0. The summed E-state index contributed by atoms with van der Waals surface area (Å²) in [7, 11) is 0. The molecule has 0 aliphatic carbocycles. The fourth-order valence-corrected chi connectivity index (χ4v) is 2.71. The van der Waals surface area contributed by atoms with Crippen LogP contribution in [0.25, 0.3) is 0 Å². The molecule has 2 aromatic rings. The van der Waals surface area contributed by atoms with E-state index in [0.29, 0.717) is 11.7 Å². The van der Waals surface area contributed by atoms with E-state index < -0.39 is 11.7 Å². The van der Waals surface area contributed by atoms with Crippen LogP contribution in [0.2, 0.25) is 0 Å². The largest absolute Gasteiger partial charge is 0.397 e. The predicted molar refractivity (Wildman–Crippen MR) is 84.6 cm³/mol. The van der Waals surface area contributed by atoms with E-state index >= 15 is 0 Å². The Hall–Kier alpha value is -2.41. The molecule has 122 valence electrons. The molecule has 1 saturated heterocycles. The minimum atomic E-state index is -0.471. The Bertz CT molecular complexity index is 695. The van der Waals surface area contributed by atoms with Gasteiger partial charge in [0, 0.05) is 12.5 Å². The van der Waals surface area contributed by atoms with E-state index in [4.69, 9.17) is 10.3 Å². The van der Waals surface area contributed by atoms with E-state index in [0.717, 1.165) is 32.4 Å². The van der Waals surface area contributed by atoms with E-state index in [1.165, 1.54) is 18.2 Å². The van der Waals surface area contributed by atoms with Crippen LogP contribution in [0.3, 0.4) is 0 Å². The van der Waals surface area contributed by atoms with Gasteiger partial charge in [0.25, 0.3) is 5.91 Å². The molecule has 0 saturated carbocycles. The number of carbonyl (C=O) groups excluding carboxylic acids is 1. The normalized spacial score (nSPS) is 15.5. The molecule has 7 heteroatoms. The molecule has 1 amide bonds. The Kier molecular flexibility index (Phi) is 4.57. The molecule has 1 aromatic heterocycles. The smallest absolute Gasteiger partial charge is 0.277 e. The first kappa shape index (κ1) is 15.5. The summed E-state index contributed by atoms with van der Waals surface area (Å²) in [5, 5.41) is 9.65. The summed E-state index contributed by atoms with van der Waals surface area (Å²) in [6.07, 6.45) is 2.94. The number of nitrogen functional groups attached to an aromatic ring is 1. The van der Waals surface area contributed by atoms with Crippen LogP contribution in [0.1, 0.15) is 29.1 Å². The van der Waals surface area contributed by atoms with E-state index in [1.807, 2.05) is 0 Å². The van der Waals surface area contributed by atoms with Crippen LogP contribution in [0, 0.1) is 11.7 Å². The minimum Gasteiger partial charge on any atom is -0.397 e. The van der Waals surface area contributed by atoms with Crippen molar-refractivity contribution in [2.75, 3.05) is 24.1 Å². The molecule has 0 radical (unpaired) electrons. The molecule has 1 aliphatic rings. The van der Waals surface area contributed by atoms with Crippen molar-refractivity contribution in [1.82, 2.24) is 10.5 Å². The second-order valence-corrected chi connectivity index (χ2v) is 5.76. The molecule has 6 nitrogen and oxygen atoms in total. The Morgan fingerprint density at radius 3 is 2.96 bits per heavy atom. The zero-order chi connectivity index (χ0) is 16.2. The van der Waals surface area contributed by atoms with Crippen LogP contribution in [-0.2, 0) is 6.42 Å². The summed E-state index contributed by atoms with van der Waals surface area (Å²) in [6.45, 7) is 2.01. The third-order valence-electron chi connectivity index (χ3n) is 4.00. The molecular formula is C16H19FN4O2. The molecule has 4 N–H and O–H groups in total. The van der Waals surface area contributed by atoms with Crippen LogP contribution in [-0.4, -0.2) is 24.2 Å². The SMILES string of the molecule is Nc1ccc(F)cc1NC(=O)c1cc(CC2CCNCC2)on1. The van der Waals surface area contributed by atoms with Crippen molar-refractivity contribution in [3.8, 4) is 0 Å². The number of nitrogens with zero attached hydrogens (tertiary/aromatic N) is 1. The average Bonchev–Trinajstić information content (AvgIpc) is 3.00. The van der Waals surface area contributed by atoms with Crippen molar-refractivity contribution in [3.05, 3.63) is 41.5 Å². The molecule has 0 bridgehead atoms. The number of carbonyl (C=O) groups is 1. The second-order valence-electron chi connectivity index (χ2n) is 5.76. The molecule has 1 aromatic carbocycles. The molecule has 0 unspecified atom stereocenters. The summed E-state index contributed by atoms with van der Waals surface area (Å²) in [6, 6.07) is 5.44. The molecule has 0 atom stereocenters. The number of rotatable bonds is 4. The van der Waals surface area contributed by atoms with Gasteiger partial charge in [-0.05, 0) is 50.0 Å². The first-order chi connectivity index (χ1) is 11.1. The van der Waals surface area contributed by atoms with Crippen LogP contribution < -0.4 is 16.4 Å². The van der Waals surface area contributed by atoms with E-state index in [2.05, 4.69) is 15.8 Å². The first-order valence-electron chi connectivity index (χ1n) is 7.64. The first-order valence-corrected chi connectivity index (χ1v) is 7.64. The van der Waals surface area contributed by atoms with Crippen molar-refractivity contribution < 1.29 is 13.7 Å². The number of aromatic nitrogens is 1. The van der Waals surface area contributed by atoms with Gasteiger partial charge < -0.3 is 20.9 Å². The number of anilines is 2.